The number of rotatable bonds is 4. The first-order valence-electron chi connectivity index (χ1n) is 11.1. The normalized spacial score (nSPS) is 20.1. The maximum Gasteiger partial charge on any atom is 0.142 e. The lowest BCUT2D eigenvalue weighted by molar-refractivity contribution is 0.391. The van der Waals surface area contributed by atoms with E-state index in [1.807, 2.05) is 0 Å². The summed E-state index contributed by atoms with van der Waals surface area (Å²) in [7, 11) is 0. The Morgan fingerprint density at radius 2 is 1.66 bits per heavy atom. The van der Waals surface area contributed by atoms with Crippen LogP contribution < -0.4 is 21.1 Å². The number of hydrazine groups is 1. The van der Waals surface area contributed by atoms with Crippen LogP contribution in [0, 0.1) is 0 Å². The van der Waals surface area contributed by atoms with E-state index in [-0.39, 0.29) is 5.54 Å². The second-order valence-electron chi connectivity index (χ2n) is 8.58. The molecular formula is C24H31N5. The number of hydrogen-bond acceptors (Lipinski definition) is 5. The molecule has 2 aromatic rings. The fourth-order valence-electron chi connectivity index (χ4n) is 4.92. The van der Waals surface area contributed by atoms with Gasteiger partial charge in [0.2, 0.25) is 0 Å². The summed E-state index contributed by atoms with van der Waals surface area (Å²) in [5, 5.41) is 3.81. The van der Waals surface area contributed by atoms with Crippen molar-refractivity contribution >= 4 is 22.9 Å². The first-order valence-corrected chi connectivity index (χ1v) is 11.1. The molecule has 1 saturated carbocycles. The van der Waals surface area contributed by atoms with Crippen molar-refractivity contribution in [1.82, 2.24) is 10.9 Å². The number of amidine groups is 1. The molecule has 5 nitrogen and oxygen atoms in total. The molecule has 152 valence electrons. The highest BCUT2D eigenvalue weighted by molar-refractivity contribution is 6.00. The van der Waals surface area contributed by atoms with Gasteiger partial charge in [0.25, 0.3) is 0 Å². The monoisotopic (exact) mass is 389 g/mol. The third-order valence-corrected chi connectivity index (χ3v) is 6.58. The Labute approximate surface area is 173 Å². The van der Waals surface area contributed by atoms with Gasteiger partial charge in [0.1, 0.15) is 5.84 Å². The average molecular weight is 390 g/mol. The Morgan fingerprint density at radius 1 is 0.897 bits per heavy atom. The zero-order valence-corrected chi connectivity index (χ0v) is 17.1. The minimum Gasteiger partial charge on any atom is -0.372 e. The van der Waals surface area contributed by atoms with Crippen molar-refractivity contribution in [3.05, 3.63) is 54.1 Å². The number of anilines is 2. The highest BCUT2D eigenvalue weighted by Gasteiger charge is 2.40. The van der Waals surface area contributed by atoms with Crippen LogP contribution in [0.25, 0.3) is 0 Å². The van der Waals surface area contributed by atoms with E-state index in [0.29, 0.717) is 0 Å². The Kier molecular flexibility index (Phi) is 5.15. The van der Waals surface area contributed by atoms with Crippen molar-refractivity contribution in [3.8, 4) is 0 Å². The number of nitrogens with zero attached hydrogens (tertiary/aromatic N) is 2. The molecule has 5 heteroatoms. The minimum atomic E-state index is -0.0702. The van der Waals surface area contributed by atoms with Crippen molar-refractivity contribution in [1.29, 1.82) is 0 Å². The predicted molar refractivity (Wildman–Crippen MR) is 121 cm³/mol. The highest BCUT2D eigenvalue weighted by Crippen LogP contribution is 2.39. The molecule has 2 heterocycles. The third kappa shape index (κ3) is 3.84. The number of aliphatic imine (C=N–C) groups is 1. The molecule has 29 heavy (non-hydrogen) atoms. The van der Waals surface area contributed by atoms with Gasteiger partial charge < -0.3 is 15.6 Å². The van der Waals surface area contributed by atoms with Crippen molar-refractivity contribution in [2.75, 3.05) is 23.3 Å². The van der Waals surface area contributed by atoms with Crippen molar-refractivity contribution in [2.24, 2.45) is 4.99 Å². The molecule has 0 amide bonds. The zero-order valence-electron chi connectivity index (χ0n) is 17.1. The van der Waals surface area contributed by atoms with Gasteiger partial charge in [0.05, 0.1) is 16.9 Å². The summed E-state index contributed by atoms with van der Waals surface area (Å²) in [6.07, 6.45) is 8.68. The van der Waals surface area contributed by atoms with Crippen molar-refractivity contribution in [3.63, 3.8) is 0 Å². The van der Waals surface area contributed by atoms with Crippen LogP contribution in [0.1, 0.15) is 50.5 Å². The second-order valence-corrected chi connectivity index (χ2v) is 8.58. The molecule has 5 rings (SSSR count). The first kappa shape index (κ1) is 18.5. The number of benzene rings is 2. The maximum absolute atomic E-state index is 4.99. The average Bonchev–Trinajstić information content (AvgIpc) is 3.30. The Hall–Kier alpha value is -2.53. The van der Waals surface area contributed by atoms with Gasteiger partial charge in [-0.1, -0.05) is 43.5 Å². The molecule has 0 aromatic heterocycles. The van der Waals surface area contributed by atoms with Crippen molar-refractivity contribution < 1.29 is 0 Å². The molecule has 3 N–H and O–H groups in total. The SMILES string of the molecule is c1ccc2c(c1)N=C(NNCc1ccc(N3CCCC3)cc1)C1(CCCCC1)N2. The maximum atomic E-state index is 4.99. The Balaban J connectivity index is 1.26. The molecular weight excluding hydrogens is 358 g/mol. The van der Waals surface area contributed by atoms with Gasteiger partial charge in [-0.2, -0.15) is 0 Å². The molecule has 1 spiro atoms. The summed E-state index contributed by atoms with van der Waals surface area (Å²) in [4.78, 5) is 7.47. The van der Waals surface area contributed by atoms with E-state index in [1.54, 1.807) is 0 Å². The van der Waals surface area contributed by atoms with E-state index < -0.39 is 0 Å². The zero-order chi connectivity index (χ0) is 19.5. The first-order chi connectivity index (χ1) is 14.3. The van der Waals surface area contributed by atoms with Gasteiger partial charge in [-0.15, -0.1) is 0 Å². The summed E-state index contributed by atoms with van der Waals surface area (Å²) in [6.45, 7) is 3.15. The number of fused-ring (bicyclic) bond motifs is 1. The van der Waals surface area contributed by atoms with Gasteiger partial charge in [-0.05, 0) is 55.5 Å². The number of hydrogen-bond donors (Lipinski definition) is 3. The van der Waals surface area contributed by atoms with Crippen LogP contribution in [0.5, 0.6) is 0 Å². The fourth-order valence-corrected chi connectivity index (χ4v) is 4.92. The topological polar surface area (TPSA) is 51.7 Å². The lowest BCUT2D eigenvalue weighted by atomic mass is 9.79. The Morgan fingerprint density at radius 3 is 2.45 bits per heavy atom. The smallest absolute Gasteiger partial charge is 0.142 e. The molecule has 1 saturated heterocycles. The highest BCUT2D eigenvalue weighted by atomic mass is 15.4. The van der Waals surface area contributed by atoms with E-state index >= 15 is 0 Å². The number of para-hydroxylation sites is 2. The lowest BCUT2D eigenvalue weighted by Crippen LogP contribution is -2.57. The van der Waals surface area contributed by atoms with E-state index in [9.17, 15) is 0 Å². The molecule has 0 radical (unpaired) electrons. The molecule has 2 fully saturated rings. The van der Waals surface area contributed by atoms with E-state index in [4.69, 9.17) is 4.99 Å². The minimum absolute atomic E-state index is 0.0702. The molecule has 3 aliphatic rings. The third-order valence-electron chi connectivity index (χ3n) is 6.58. The molecule has 1 aliphatic carbocycles. The Bertz CT molecular complexity index is 861. The van der Waals surface area contributed by atoms with Crippen LogP contribution >= 0.6 is 0 Å². The summed E-state index contributed by atoms with van der Waals surface area (Å²) >= 11 is 0. The fraction of sp³-hybridized carbons (Fsp3) is 0.458. The van der Waals surface area contributed by atoms with Gasteiger partial charge >= 0.3 is 0 Å². The molecule has 2 aliphatic heterocycles. The van der Waals surface area contributed by atoms with Gasteiger partial charge in [-0.3, -0.25) is 0 Å². The van der Waals surface area contributed by atoms with Crippen LogP contribution in [-0.4, -0.2) is 24.5 Å². The molecule has 0 bridgehead atoms. The summed E-state index contributed by atoms with van der Waals surface area (Å²) < 4.78 is 0. The second kappa shape index (κ2) is 8.07. The van der Waals surface area contributed by atoms with Gasteiger partial charge in [-0.25, -0.2) is 10.4 Å². The van der Waals surface area contributed by atoms with Crippen LogP contribution in [0.3, 0.4) is 0 Å². The van der Waals surface area contributed by atoms with Crippen LogP contribution in [0.15, 0.2) is 53.5 Å². The molecule has 0 unspecified atom stereocenters. The summed E-state index contributed by atoms with van der Waals surface area (Å²) in [5.74, 6) is 1.03. The lowest BCUT2D eigenvalue weighted by Gasteiger charge is -2.42. The van der Waals surface area contributed by atoms with E-state index in [1.165, 1.54) is 56.4 Å². The standard InChI is InChI=1S/C24H31N5/c1-4-14-24(15-5-1)23(26-21-8-2-3-9-22(21)27-24)28-25-18-19-10-12-20(13-11-19)29-16-6-7-17-29/h2-3,8-13,25,27H,1,4-7,14-18H2,(H,26,28). The largest absolute Gasteiger partial charge is 0.372 e. The predicted octanol–water partition coefficient (Wildman–Crippen LogP) is 4.74. The summed E-state index contributed by atoms with van der Waals surface area (Å²) in [6, 6.07) is 17.3. The van der Waals surface area contributed by atoms with Crippen LogP contribution in [0.2, 0.25) is 0 Å². The molecule has 0 atom stereocenters. The van der Waals surface area contributed by atoms with Crippen molar-refractivity contribution in [2.45, 2.75) is 57.0 Å². The van der Waals surface area contributed by atoms with Gasteiger partial charge in [0.15, 0.2) is 0 Å². The summed E-state index contributed by atoms with van der Waals surface area (Å²) in [5.41, 5.74) is 11.6. The quantitative estimate of drug-likeness (QED) is 0.661. The molecule has 2 aromatic carbocycles. The number of nitrogens with one attached hydrogen (secondary N) is 3. The van der Waals surface area contributed by atoms with Gasteiger partial charge in [0, 0.05) is 25.3 Å². The van der Waals surface area contributed by atoms with E-state index in [0.717, 1.165) is 36.6 Å². The van der Waals surface area contributed by atoms with Crippen LogP contribution in [-0.2, 0) is 6.54 Å². The van der Waals surface area contributed by atoms with E-state index in [2.05, 4.69) is 69.6 Å². The van der Waals surface area contributed by atoms with Crippen LogP contribution in [0.4, 0.5) is 17.1 Å².